The first-order valence-electron chi connectivity index (χ1n) is 7.10. The van der Waals surface area contributed by atoms with Crippen molar-refractivity contribution in [1.29, 1.82) is 0 Å². The van der Waals surface area contributed by atoms with Crippen molar-refractivity contribution in [2.75, 3.05) is 51.6 Å². The molecule has 8 nitrogen and oxygen atoms in total. The van der Waals surface area contributed by atoms with Crippen molar-refractivity contribution in [2.45, 2.75) is 13.3 Å². The van der Waals surface area contributed by atoms with Gasteiger partial charge in [-0.2, -0.15) is 0 Å². The van der Waals surface area contributed by atoms with Crippen LogP contribution in [-0.4, -0.2) is 72.0 Å². The summed E-state index contributed by atoms with van der Waals surface area (Å²) in [7, 11) is -3.21. The van der Waals surface area contributed by atoms with Crippen LogP contribution in [0.25, 0.3) is 0 Å². The molecule has 0 aliphatic rings. The van der Waals surface area contributed by atoms with Gasteiger partial charge in [-0.15, -0.1) is 0 Å². The lowest BCUT2D eigenvalue weighted by Gasteiger charge is -2.08. The van der Waals surface area contributed by atoms with Crippen molar-refractivity contribution in [2.24, 2.45) is 0 Å². The number of ether oxygens (including phenoxy) is 4. The average Bonchev–Trinajstić information content (AvgIpc) is 2.44. The Hall–Kier alpha value is -1.45. The van der Waals surface area contributed by atoms with E-state index in [1.165, 1.54) is 0 Å². The summed E-state index contributed by atoms with van der Waals surface area (Å²) >= 11 is 0. The number of carbonyl (C=O) groups is 2. The van der Waals surface area contributed by atoms with Crippen molar-refractivity contribution in [1.82, 2.24) is 0 Å². The summed E-state index contributed by atoms with van der Waals surface area (Å²) in [6.07, 6.45) is 0.708. The molecule has 0 saturated carbocycles. The van der Waals surface area contributed by atoms with Gasteiger partial charge in [0.2, 0.25) is 0 Å². The highest BCUT2D eigenvalue weighted by molar-refractivity contribution is 7.90. The Balaban J connectivity index is 3.75. The maximum absolute atomic E-state index is 11.5. The molecule has 0 aromatic heterocycles. The molecule has 0 bridgehead atoms. The first kappa shape index (κ1) is 21.6. The van der Waals surface area contributed by atoms with Crippen LogP contribution in [0.1, 0.15) is 13.3 Å². The fraction of sp³-hybridized carbons (Fsp3) is 0.714. The van der Waals surface area contributed by atoms with E-state index in [1.807, 2.05) is 6.92 Å². The van der Waals surface area contributed by atoms with Crippen molar-refractivity contribution in [3.05, 3.63) is 12.2 Å². The van der Waals surface area contributed by atoms with Crippen LogP contribution in [-0.2, 0) is 38.4 Å². The van der Waals surface area contributed by atoms with E-state index in [4.69, 9.17) is 18.9 Å². The van der Waals surface area contributed by atoms with Crippen LogP contribution < -0.4 is 0 Å². The van der Waals surface area contributed by atoms with Crippen LogP contribution in [0.4, 0.5) is 0 Å². The number of esters is 2. The van der Waals surface area contributed by atoms with Crippen molar-refractivity contribution < 1.29 is 37.0 Å². The zero-order valence-electron chi connectivity index (χ0n) is 13.5. The number of rotatable bonds is 13. The molecule has 134 valence electrons. The molecule has 0 aliphatic heterocycles. The van der Waals surface area contributed by atoms with E-state index in [-0.39, 0.29) is 37.6 Å². The van der Waals surface area contributed by atoms with E-state index in [1.54, 1.807) is 0 Å². The molecule has 0 saturated heterocycles. The first-order chi connectivity index (χ1) is 10.8. The smallest absolute Gasteiger partial charge is 0.334 e. The Morgan fingerprint density at radius 2 is 1.57 bits per heavy atom. The fourth-order valence-corrected chi connectivity index (χ4v) is 1.65. The molecule has 0 aliphatic carbocycles. The van der Waals surface area contributed by atoms with Gasteiger partial charge in [-0.3, -0.25) is 4.79 Å². The van der Waals surface area contributed by atoms with Gasteiger partial charge in [0.1, 0.15) is 13.2 Å². The third-order valence-electron chi connectivity index (χ3n) is 2.40. The fourth-order valence-electron chi connectivity index (χ4n) is 1.26. The van der Waals surface area contributed by atoms with Gasteiger partial charge in [-0.1, -0.05) is 6.58 Å². The highest BCUT2D eigenvalue weighted by atomic mass is 32.2. The zero-order valence-corrected chi connectivity index (χ0v) is 14.4. The summed E-state index contributed by atoms with van der Waals surface area (Å²) in [6.45, 7) is 6.79. The summed E-state index contributed by atoms with van der Waals surface area (Å²) in [5, 5.41) is 0. The Labute approximate surface area is 136 Å². The minimum Gasteiger partial charge on any atom is -0.463 e. The molecule has 9 heteroatoms. The Morgan fingerprint density at radius 3 is 2.17 bits per heavy atom. The van der Waals surface area contributed by atoms with Crippen LogP contribution in [0.15, 0.2) is 12.2 Å². The van der Waals surface area contributed by atoms with Crippen LogP contribution in [0, 0.1) is 0 Å². The lowest BCUT2D eigenvalue weighted by atomic mass is 10.2. The molecule has 0 rings (SSSR count). The van der Waals surface area contributed by atoms with E-state index in [0.29, 0.717) is 19.8 Å². The molecule has 0 aromatic rings. The maximum Gasteiger partial charge on any atom is 0.334 e. The second-order valence-corrected chi connectivity index (χ2v) is 6.84. The van der Waals surface area contributed by atoms with Crippen LogP contribution in [0.3, 0.4) is 0 Å². The molecule has 0 fully saturated rings. The molecule has 0 N–H and O–H groups in total. The molecule has 0 amide bonds. The lowest BCUT2D eigenvalue weighted by molar-refractivity contribution is -0.147. The van der Waals surface area contributed by atoms with Crippen LogP contribution in [0.5, 0.6) is 0 Å². The summed E-state index contributed by atoms with van der Waals surface area (Å²) in [6, 6.07) is 0. The van der Waals surface area contributed by atoms with Gasteiger partial charge in [0.25, 0.3) is 0 Å². The minimum absolute atomic E-state index is 0.0569. The van der Waals surface area contributed by atoms with E-state index < -0.39 is 21.8 Å². The van der Waals surface area contributed by atoms with E-state index in [9.17, 15) is 18.0 Å². The predicted octanol–water partition coefficient (Wildman–Crippen LogP) is 0.117. The Morgan fingerprint density at radius 1 is 0.957 bits per heavy atom. The van der Waals surface area contributed by atoms with Crippen molar-refractivity contribution in [3.63, 3.8) is 0 Å². The quantitative estimate of drug-likeness (QED) is 0.261. The molecular weight excluding hydrogens is 328 g/mol. The SMILES string of the molecule is C=C(CC(=O)OCCOCCOCC)C(=O)OCCS(C)(=O)=O. The molecular formula is C14H24O8S. The normalized spacial score (nSPS) is 11.0. The van der Waals surface area contributed by atoms with E-state index in [0.717, 1.165) is 6.26 Å². The predicted molar refractivity (Wildman–Crippen MR) is 82.7 cm³/mol. The molecule has 0 radical (unpaired) electrons. The van der Waals surface area contributed by atoms with Crippen molar-refractivity contribution >= 4 is 21.8 Å². The first-order valence-corrected chi connectivity index (χ1v) is 9.16. The Kier molecular flexibility index (Phi) is 11.3. The summed E-state index contributed by atoms with van der Waals surface area (Å²) < 4.78 is 41.5. The number of hydrogen-bond donors (Lipinski definition) is 0. The van der Waals surface area contributed by atoms with Gasteiger partial charge in [0.15, 0.2) is 9.84 Å². The third kappa shape index (κ3) is 13.9. The summed E-state index contributed by atoms with van der Waals surface area (Å²) in [5.74, 6) is -1.74. The summed E-state index contributed by atoms with van der Waals surface area (Å²) in [5.41, 5.74) is -0.0965. The molecule has 0 heterocycles. The molecule has 0 spiro atoms. The number of carbonyl (C=O) groups excluding carboxylic acids is 2. The van der Waals surface area contributed by atoms with Gasteiger partial charge < -0.3 is 18.9 Å². The van der Waals surface area contributed by atoms with Gasteiger partial charge in [0, 0.05) is 18.4 Å². The monoisotopic (exact) mass is 352 g/mol. The average molecular weight is 352 g/mol. The summed E-state index contributed by atoms with van der Waals surface area (Å²) in [4.78, 5) is 22.9. The molecule has 0 aromatic carbocycles. The topological polar surface area (TPSA) is 105 Å². The van der Waals surface area contributed by atoms with E-state index >= 15 is 0 Å². The van der Waals surface area contributed by atoms with Gasteiger partial charge in [-0.25, -0.2) is 13.2 Å². The number of hydrogen-bond acceptors (Lipinski definition) is 8. The van der Waals surface area contributed by atoms with Crippen LogP contribution in [0.2, 0.25) is 0 Å². The van der Waals surface area contributed by atoms with Gasteiger partial charge in [-0.05, 0) is 6.92 Å². The third-order valence-corrected chi connectivity index (χ3v) is 3.31. The minimum atomic E-state index is -3.21. The highest BCUT2D eigenvalue weighted by Gasteiger charge is 2.15. The zero-order chi connectivity index (χ0) is 17.7. The highest BCUT2D eigenvalue weighted by Crippen LogP contribution is 2.03. The molecule has 0 unspecified atom stereocenters. The van der Waals surface area contributed by atoms with Crippen LogP contribution >= 0.6 is 0 Å². The Bertz CT molecular complexity index is 483. The van der Waals surface area contributed by atoms with Gasteiger partial charge >= 0.3 is 11.9 Å². The second-order valence-electron chi connectivity index (χ2n) is 4.58. The number of sulfone groups is 1. The second kappa shape index (κ2) is 12.0. The molecule has 23 heavy (non-hydrogen) atoms. The lowest BCUT2D eigenvalue weighted by Crippen LogP contribution is -2.18. The van der Waals surface area contributed by atoms with Crippen molar-refractivity contribution in [3.8, 4) is 0 Å². The maximum atomic E-state index is 11.5. The standard InChI is InChI=1S/C14H24O8S/c1-4-19-5-6-20-7-8-21-13(15)11-12(2)14(16)22-9-10-23(3,17)18/h2,4-11H2,1,3H3. The van der Waals surface area contributed by atoms with Gasteiger partial charge in [0.05, 0.1) is 32.0 Å². The largest absolute Gasteiger partial charge is 0.463 e. The van der Waals surface area contributed by atoms with E-state index in [2.05, 4.69) is 6.58 Å². The molecule has 0 atom stereocenters.